The largest absolute Gasteiger partial charge is 0.357 e. The Morgan fingerprint density at radius 2 is 1.69 bits per heavy atom. The Bertz CT molecular complexity index is 907. The van der Waals surface area contributed by atoms with E-state index in [1.54, 1.807) is 0 Å². The van der Waals surface area contributed by atoms with E-state index in [4.69, 9.17) is 0 Å². The van der Waals surface area contributed by atoms with Crippen LogP contribution in [0, 0.1) is 0 Å². The fourth-order valence-corrected chi connectivity index (χ4v) is 4.68. The maximum Gasteiger partial charge on any atom is 0.244 e. The lowest BCUT2D eigenvalue weighted by molar-refractivity contribution is -0.130. The summed E-state index contributed by atoms with van der Waals surface area (Å²) in [5, 5.41) is 6.80. The molecule has 1 amide bonds. The molecule has 32 heavy (non-hydrogen) atoms. The van der Waals surface area contributed by atoms with E-state index >= 15 is 0 Å². The molecule has 2 N–H and O–H groups in total. The first-order valence-electron chi connectivity index (χ1n) is 11.9. The van der Waals surface area contributed by atoms with Gasteiger partial charge < -0.3 is 15.5 Å². The highest BCUT2D eigenvalue weighted by molar-refractivity contribution is 5.85. The summed E-state index contributed by atoms with van der Waals surface area (Å²) in [6.07, 6.45) is 3.43. The van der Waals surface area contributed by atoms with Crippen molar-refractivity contribution in [2.24, 2.45) is 4.99 Å². The molecule has 0 aliphatic carbocycles. The monoisotopic (exact) mass is 433 g/mol. The summed E-state index contributed by atoms with van der Waals surface area (Å²) in [5.41, 5.74) is 3.92. The zero-order valence-corrected chi connectivity index (χ0v) is 19.1. The molecule has 170 valence electrons. The van der Waals surface area contributed by atoms with Crippen LogP contribution in [0.2, 0.25) is 0 Å². The molecule has 0 saturated carbocycles. The number of carbonyl (C=O) groups is 1. The highest BCUT2D eigenvalue weighted by atomic mass is 16.2. The van der Waals surface area contributed by atoms with Gasteiger partial charge in [-0.2, -0.15) is 0 Å². The Labute approximate surface area is 191 Å². The molecule has 0 bridgehead atoms. The maximum absolute atomic E-state index is 12.8. The van der Waals surface area contributed by atoms with Crippen LogP contribution in [0.5, 0.6) is 0 Å². The lowest BCUT2D eigenvalue weighted by atomic mass is 10.00. The van der Waals surface area contributed by atoms with Crippen molar-refractivity contribution >= 4 is 11.9 Å². The van der Waals surface area contributed by atoms with Gasteiger partial charge in [-0.25, -0.2) is 4.99 Å². The molecule has 1 unspecified atom stereocenters. The number of carbonyl (C=O) groups excluding carboxylic acids is 1. The molecular formula is C26H35N5O. The normalized spacial score (nSPS) is 17.7. The molecule has 0 spiro atoms. The third-order valence-electron chi connectivity index (χ3n) is 6.43. The predicted octanol–water partition coefficient (Wildman–Crippen LogP) is 2.96. The zero-order chi connectivity index (χ0) is 22.2. The van der Waals surface area contributed by atoms with Crippen molar-refractivity contribution in [2.75, 3.05) is 39.3 Å². The van der Waals surface area contributed by atoms with E-state index in [2.05, 4.69) is 76.0 Å². The van der Waals surface area contributed by atoms with Crippen LogP contribution in [0.4, 0.5) is 0 Å². The number of nitrogens with zero attached hydrogens (tertiary/aromatic N) is 3. The van der Waals surface area contributed by atoms with Gasteiger partial charge in [0.25, 0.3) is 0 Å². The van der Waals surface area contributed by atoms with Crippen molar-refractivity contribution in [1.82, 2.24) is 20.4 Å². The summed E-state index contributed by atoms with van der Waals surface area (Å²) in [5.74, 6) is 0.786. The third-order valence-corrected chi connectivity index (χ3v) is 6.43. The number of nitrogens with one attached hydrogen (secondary N) is 2. The predicted molar refractivity (Wildman–Crippen MR) is 130 cm³/mol. The van der Waals surface area contributed by atoms with Crippen LogP contribution in [0.3, 0.4) is 0 Å². The first-order valence-corrected chi connectivity index (χ1v) is 11.9. The molecule has 2 aromatic carbocycles. The molecule has 6 nitrogen and oxygen atoms in total. The van der Waals surface area contributed by atoms with Crippen molar-refractivity contribution in [2.45, 2.75) is 38.8 Å². The van der Waals surface area contributed by atoms with Crippen molar-refractivity contribution < 1.29 is 4.79 Å². The van der Waals surface area contributed by atoms with Gasteiger partial charge in [-0.1, -0.05) is 54.6 Å². The van der Waals surface area contributed by atoms with Crippen LogP contribution in [-0.2, 0) is 17.8 Å². The van der Waals surface area contributed by atoms with Crippen LogP contribution >= 0.6 is 0 Å². The molecule has 0 aromatic heterocycles. The summed E-state index contributed by atoms with van der Waals surface area (Å²) >= 11 is 0. The standard InChI is InChI=1S/C26H35N5O/c1-2-27-26(28-18-24(30-15-8-9-16-30)22-11-4-3-5-12-22)29-19-25(32)31-17-14-21-10-6-7-13-23(21)20-31/h3-7,10-13,24H,2,8-9,14-20H2,1H3,(H2,27,28,29). The molecule has 1 atom stereocenters. The van der Waals surface area contributed by atoms with Crippen LogP contribution in [0.1, 0.15) is 42.5 Å². The molecule has 0 radical (unpaired) electrons. The number of hydrogen-bond donors (Lipinski definition) is 2. The summed E-state index contributed by atoms with van der Waals surface area (Å²) in [6.45, 7) is 7.44. The van der Waals surface area contributed by atoms with E-state index in [1.807, 2.05) is 11.0 Å². The number of hydrogen-bond acceptors (Lipinski definition) is 3. The van der Waals surface area contributed by atoms with Gasteiger partial charge >= 0.3 is 0 Å². The van der Waals surface area contributed by atoms with Gasteiger partial charge in [0.1, 0.15) is 6.54 Å². The Morgan fingerprint density at radius 1 is 0.969 bits per heavy atom. The Kier molecular flexibility index (Phi) is 7.77. The van der Waals surface area contributed by atoms with E-state index in [0.29, 0.717) is 18.5 Å². The quantitative estimate of drug-likeness (QED) is 0.521. The fourth-order valence-electron chi connectivity index (χ4n) is 4.68. The van der Waals surface area contributed by atoms with Gasteiger partial charge in [0.2, 0.25) is 5.91 Å². The molecule has 1 fully saturated rings. The van der Waals surface area contributed by atoms with Gasteiger partial charge in [0, 0.05) is 26.2 Å². The summed E-state index contributed by atoms with van der Waals surface area (Å²) < 4.78 is 0. The number of aliphatic imine (C=N–C) groups is 1. The van der Waals surface area contributed by atoms with E-state index in [9.17, 15) is 4.79 Å². The summed E-state index contributed by atoms with van der Waals surface area (Å²) in [7, 11) is 0. The van der Waals surface area contributed by atoms with Crippen LogP contribution in [-0.4, -0.2) is 60.9 Å². The van der Waals surface area contributed by atoms with Crippen molar-refractivity contribution in [3.63, 3.8) is 0 Å². The molecule has 2 aliphatic rings. The zero-order valence-electron chi connectivity index (χ0n) is 19.1. The number of benzene rings is 2. The fraction of sp³-hybridized carbons (Fsp3) is 0.462. The highest BCUT2D eigenvalue weighted by Gasteiger charge is 2.24. The smallest absolute Gasteiger partial charge is 0.244 e. The number of rotatable bonds is 7. The molecule has 1 saturated heterocycles. The Balaban J connectivity index is 1.37. The topological polar surface area (TPSA) is 60.0 Å². The van der Waals surface area contributed by atoms with Crippen LogP contribution < -0.4 is 10.6 Å². The summed E-state index contributed by atoms with van der Waals surface area (Å²) in [6, 6.07) is 19.4. The Morgan fingerprint density at radius 3 is 2.44 bits per heavy atom. The minimum absolute atomic E-state index is 0.0795. The highest BCUT2D eigenvalue weighted by Crippen LogP contribution is 2.24. The minimum Gasteiger partial charge on any atom is -0.357 e. The molecule has 4 rings (SSSR count). The average Bonchev–Trinajstić information content (AvgIpc) is 3.37. The van der Waals surface area contributed by atoms with Crippen molar-refractivity contribution in [1.29, 1.82) is 0 Å². The van der Waals surface area contributed by atoms with Gasteiger partial charge in [-0.15, -0.1) is 0 Å². The SMILES string of the molecule is CCNC(=NCC(=O)N1CCc2ccccc2C1)NCC(c1ccccc1)N1CCCC1. The summed E-state index contributed by atoms with van der Waals surface area (Å²) in [4.78, 5) is 21.9. The average molecular weight is 434 g/mol. The molecule has 2 aromatic rings. The van der Waals surface area contributed by atoms with Gasteiger partial charge in [-0.05, 0) is 56.0 Å². The molecule has 6 heteroatoms. The Hall–Kier alpha value is -2.86. The number of fused-ring (bicyclic) bond motifs is 1. The number of guanidine groups is 1. The van der Waals surface area contributed by atoms with E-state index < -0.39 is 0 Å². The second kappa shape index (κ2) is 11.1. The minimum atomic E-state index is 0.0795. The second-order valence-corrected chi connectivity index (χ2v) is 8.58. The van der Waals surface area contributed by atoms with Crippen LogP contribution in [0.25, 0.3) is 0 Å². The molecule has 2 aliphatic heterocycles. The van der Waals surface area contributed by atoms with E-state index in [0.717, 1.165) is 39.1 Å². The third kappa shape index (κ3) is 5.68. The van der Waals surface area contributed by atoms with E-state index in [-0.39, 0.29) is 12.5 Å². The van der Waals surface area contributed by atoms with E-state index in [1.165, 1.54) is 29.5 Å². The van der Waals surface area contributed by atoms with Crippen molar-refractivity contribution in [3.05, 3.63) is 71.3 Å². The first-order chi connectivity index (χ1) is 15.7. The lowest BCUT2D eigenvalue weighted by Crippen LogP contribution is -2.43. The lowest BCUT2D eigenvalue weighted by Gasteiger charge is -2.29. The van der Waals surface area contributed by atoms with Crippen LogP contribution in [0.15, 0.2) is 59.6 Å². The second-order valence-electron chi connectivity index (χ2n) is 8.58. The maximum atomic E-state index is 12.8. The van der Waals surface area contributed by atoms with Gasteiger partial charge in [0.15, 0.2) is 5.96 Å². The molecular weight excluding hydrogens is 398 g/mol. The van der Waals surface area contributed by atoms with Crippen molar-refractivity contribution in [3.8, 4) is 0 Å². The molecule has 2 heterocycles. The first kappa shape index (κ1) is 22.3. The number of amides is 1. The van der Waals surface area contributed by atoms with Gasteiger partial charge in [0.05, 0.1) is 6.04 Å². The van der Waals surface area contributed by atoms with Gasteiger partial charge in [-0.3, -0.25) is 9.69 Å². The number of likely N-dealkylation sites (tertiary alicyclic amines) is 1.